The monoisotopic (exact) mass is 430 g/mol. The average Bonchev–Trinajstić information content (AvgIpc) is 3.53. The molecule has 1 aliphatic rings. The molecule has 3 rings (SSSR count). The van der Waals surface area contributed by atoms with Crippen LogP contribution in [0.15, 0.2) is 53.4 Å². The van der Waals surface area contributed by atoms with Crippen LogP contribution in [0, 0.1) is 0 Å². The topological polar surface area (TPSA) is 70.9 Å². The van der Waals surface area contributed by atoms with Crippen molar-refractivity contribution in [2.45, 2.75) is 50.1 Å². The van der Waals surface area contributed by atoms with E-state index in [0.717, 1.165) is 23.7 Å². The van der Waals surface area contributed by atoms with Gasteiger partial charge in [0.15, 0.2) is 6.54 Å². The van der Waals surface area contributed by atoms with E-state index in [-0.39, 0.29) is 10.8 Å². The van der Waals surface area contributed by atoms with Crippen LogP contribution < -0.4 is 10.2 Å². The van der Waals surface area contributed by atoms with Gasteiger partial charge in [-0.15, -0.1) is 0 Å². The number of hydrogen-bond acceptors (Lipinski definition) is 3. The molecule has 0 heterocycles. The van der Waals surface area contributed by atoms with Crippen molar-refractivity contribution in [1.29, 1.82) is 0 Å². The number of carbonyl (C=O) groups is 1. The van der Waals surface area contributed by atoms with Crippen LogP contribution >= 0.6 is 0 Å². The lowest BCUT2D eigenvalue weighted by Gasteiger charge is -2.19. The summed E-state index contributed by atoms with van der Waals surface area (Å²) >= 11 is 0. The molecule has 0 spiro atoms. The van der Waals surface area contributed by atoms with E-state index in [2.05, 4.69) is 43.4 Å². The fourth-order valence-electron chi connectivity index (χ4n) is 3.48. The van der Waals surface area contributed by atoms with E-state index in [1.807, 2.05) is 0 Å². The minimum Gasteiger partial charge on any atom is -0.321 e. The molecule has 0 saturated heterocycles. The van der Waals surface area contributed by atoms with Crippen LogP contribution in [0.5, 0.6) is 0 Å². The molecule has 1 fully saturated rings. The maximum Gasteiger partial charge on any atom is 0.279 e. The second-order valence-electron chi connectivity index (χ2n) is 8.55. The van der Waals surface area contributed by atoms with Gasteiger partial charge in [0.25, 0.3) is 5.91 Å². The van der Waals surface area contributed by atoms with Gasteiger partial charge in [0.05, 0.1) is 10.9 Å². The highest BCUT2D eigenvalue weighted by Gasteiger charge is 2.34. The molecule has 1 unspecified atom stereocenters. The highest BCUT2D eigenvalue weighted by molar-refractivity contribution is 7.89. The van der Waals surface area contributed by atoms with Crippen molar-refractivity contribution in [1.82, 2.24) is 4.31 Å². The smallest absolute Gasteiger partial charge is 0.279 e. The highest BCUT2D eigenvalue weighted by Crippen LogP contribution is 2.19. The molecule has 0 bridgehead atoms. The van der Waals surface area contributed by atoms with Crippen LogP contribution in [0.1, 0.15) is 43.7 Å². The zero-order chi connectivity index (χ0) is 21.9. The Morgan fingerprint density at radius 2 is 1.80 bits per heavy atom. The lowest BCUT2D eigenvalue weighted by Crippen LogP contribution is -3.13. The molecule has 7 heteroatoms. The summed E-state index contributed by atoms with van der Waals surface area (Å²) in [6.45, 7) is 5.53. The predicted molar refractivity (Wildman–Crippen MR) is 119 cm³/mol. The molecule has 0 aromatic heterocycles. The molecule has 1 amide bonds. The van der Waals surface area contributed by atoms with E-state index < -0.39 is 10.0 Å². The van der Waals surface area contributed by atoms with Crippen molar-refractivity contribution in [3.8, 4) is 0 Å². The van der Waals surface area contributed by atoms with Gasteiger partial charge in [-0.2, -0.15) is 0 Å². The largest absolute Gasteiger partial charge is 0.321 e. The van der Waals surface area contributed by atoms with Gasteiger partial charge in [0.1, 0.15) is 6.54 Å². The summed E-state index contributed by atoms with van der Waals surface area (Å²) in [5, 5.41) is 2.87. The van der Waals surface area contributed by atoms with Gasteiger partial charge in [0, 0.05) is 38.2 Å². The van der Waals surface area contributed by atoms with Gasteiger partial charge in [-0.05, 0) is 29.7 Å². The van der Waals surface area contributed by atoms with Crippen LogP contribution in [0.25, 0.3) is 0 Å². The number of nitrogens with zero attached hydrogens (tertiary/aromatic N) is 1. The second kappa shape index (κ2) is 9.29. The standard InChI is InChI=1S/C23H31N3O3S/c1-17(2)19-10-8-18(9-11-19)15-26(21-12-13-21)16-23(27)24-20-6-5-7-22(14-20)30(28,29)25(3)4/h5-11,14,17,21H,12-13,15-16H2,1-4H3,(H,24,27)/p+1. The molecular formula is C23H32N3O3S+. The first kappa shape index (κ1) is 22.5. The number of hydrogen-bond donors (Lipinski definition) is 2. The van der Waals surface area contributed by atoms with Gasteiger partial charge in [-0.1, -0.05) is 44.2 Å². The van der Waals surface area contributed by atoms with E-state index in [0.29, 0.717) is 24.2 Å². The van der Waals surface area contributed by atoms with Gasteiger partial charge in [0.2, 0.25) is 10.0 Å². The minimum atomic E-state index is -3.54. The molecule has 0 aliphatic heterocycles. The Hall–Kier alpha value is -2.22. The fraction of sp³-hybridized carbons (Fsp3) is 0.435. The number of carbonyl (C=O) groups excluding carboxylic acids is 1. The first-order chi connectivity index (χ1) is 14.2. The van der Waals surface area contributed by atoms with Crippen molar-refractivity contribution in [3.63, 3.8) is 0 Å². The number of sulfonamides is 1. The lowest BCUT2D eigenvalue weighted by molar-refractivity contribution is -0.916. The number of benzene rings is 2. The van der Waals surface area contributed by atoms with Crippen LogP contribution in [-0.2, 0) is 21.4 Å². The Bertz CT molecular complexity index is 981. The van der Waals surface area contributed by atoms with Crippen molar-refractivity contribution in [2.75, 3.05) is 26.0 Å². The summed E-state index contributed by atoms with van der Waals surface area (Å²) in [6.07, 6.45) is 2.28. The zero-order valence-corrected chi connectivity index (χ0v) is 19.0. The minimum absolute atomic E-state index is 0.102. The van der Waals surface area contributed by atoms with Crippen molar-refractivity contribution < 1.29 is 18.1 Å². The van der Waals surface area contributed by atoms with E-state index in [4.69, 9.17) is 0 Å². The van der Waals surface area contributed by atoms with Gasteiger partial charge in [-0.25, -0.2) is 12.7 Å². The Balaban J connectivity index is 1.65. The maximum absolute atomic E-state index is 12.7. The molecule has 2 aromatic carbocycles. The molecule has 0 radical (unpaired) electrons. The molecular weight excluding hydrogens is 398 g/mol. The Morgan fingerprint density at radius 1 is 1.13 bits per heavy atom. The third-order valence-corrected chi connectivity index (χ3v) is 7.33. The van der Waals surface area contributed by atoms with Crippen LogP contribution in [0.2, 0.25) is 0 Å². The molecule has 6 nitrogen and oxygen atoms in total. The van der Waals surface area contributed by atoms with Crippen LogP contribution in [0.3, 0.4) is 0 Å². The van der Waals surface area contributed by atoms with Crippen LogP contribution in [0.4, 0.5) is 5.69 Å². The molecule has 2 N–H and O–H groups in total. The Kier molecular flexibility index (Phi) is 6.95. The summed E-state index contributed by atoms with van der Waals surface area (Å²) < 4.78 is 25.8. The number of amides is 1. The number of quaternary nitrogens is 1. The Morgan fingerprint density at radius 3 is 2.37 bits per heavy atom. The summed E-state index contributed by atoms with van der Waals surface area (Å²) in [5.74, 6) is 0.402. The molecule has 1 atom stereocenters. The normalized spacial score (nSPS) is 15.4. The van der Waals surface area contributed by atoms with Crippen molar-refractivity contribution in [2.24, 2.45) is 0 Å². The van der Waals surface area contributed by atoms with Gasteiger partial charge in [-0.3, -0.25) is 4.79 Å². The lowest BCUT2D eigenvalue weighted by atomic mass is 10.0. The SMILES string of the molecule is CC(C)c1ccc(C[NH+](CC(=O)Nc2cccc(S(=O)(=O)N(C)C)c2)C2CC2)cc1. The summed E-state index contributed by atoms with van der Waals surface area (Å²) in [4.78, 5) is 14.1. The van der Waals surface area contributed by atoms with E-state index in [9.17, 15) is 13.2 Å². The zero-order valence-electron chi connectivity index (χ0n) is 18.2. The maximum atomic E-state index is 12.7. The van der Waals surface area contributed by atoms with Crippen LogP contribution in [-0.4, -0.2) is 45.3 Å². The molecule has 1 aliphatic carbocycles. The average molecular weight is 431 g/mol. The third kappa shape index (κ3) is 5.68. The number of nitrogens with one attached hydrogen (secondary N) is 2. The quantitative estimate of drug-likeness (QED) is 0.641. The fourth-order valence-corrected chi connectivity index (χ4v) is 4.43. The molecule has 2 aromatic rings. The summed E-state index contributed by atoms with van der Waals surface area (Å²) in [7, 11) is -0.553. The summed E-state index contributed by atoms with van der Waals surface area (Å²) in [6, 6.07) is 15.6. The first-order valence-corrected chi connectivity index (χ1v) is 11.9. The first-order valence-electron chi connectivity index (χ1n) is 10.4. The second-order valence-corrected chi connectivity index (χ2v) is 10.7. The van der Waals surface area contributed by atoms with Crippen molar-refractivity contribution >= 4 is 21.6 Å². The van der Waals surface area contributed by atoms with Crippen molar-refractivity contribution in [3.05, 3.63) is 59.7 Å². The predicted octanol–water partition coefficient (Wildman–Crippen LogP) is 2.25. The molecule has 30 heavy (non-hydrogen) atoms. The van der Waals surface area contributed by atoms with E-state index in [1.165, 1.54) is 42.3 Å². The van der Waals surface area contributed by atoms with E-state index >= 15 is 0 Å². The Labute approximate surface area is 179 Å². The molecule has 162 valence electrons. The number of anilines is 1. The van der Waals surface area contributed by atoms with Gasteiger partial charge < -0.3 is 10.2 Å². The molecule has 1 saturated carbocycles. The van der Waals surface area contributed by atoms with Gasteiger partial charge >= 0.3 is 0 Å². The third-order valence-electron chi connectivity index (χ3n) is 5.52. The number of rotatable bonds is 9. The summed E-state index contributed by atoms with van der Waals surface area (Å²) in [5.41, 5.74) is 3.05. The highest BCUT2D eigenvalue weighted by atomic mass is 32.2. The van der Waals surface area contributed by atoms with E-state index in [1.54, 1.807) is 12.1 Å².